The molecular formula is C19H39NO. The van der Waals surface area contributed by atoms with Crippen molar-refractivity contribution in [3.8, 4) is 0 Å². The van der Waals surface area contributed by atoms with Gasteiger partial charge in [-0.05, 0) is 80.1 Å². The molecule has 1 heterocycles. The molecule has 1 fully saturated rings. The molecule has 0 N–H and O–H groups in total. The number of rotatable bonds is 1. The number of hydrogen-bond acceptors (Lipinski definition) is 2. The van der Waals surface area contributed by atoms with Gasteiger partial charge in [-0.25, -0.2) is 0 Å². The van der Waals surface area contributed by atoms with Gasteiger partial charge in [0.2, 0.25) is 0 Å². The lowest BCUT2D eigenvalue weighted by atomic mass is 9.80. The van der Waals surface area contributed by atoms with E-state index in [-0.39, 0.29) is 11.1 Å². The maximum atomic E-state index is 6.44. The molecule has 0 radical (unpaired) electrons. The van der Waals surface area contributed by atoms with Crippen molar-refractivity contribution in [1.29, 1.82) is 0 Å². The van der Waals surface area contributed by atoms with Crippen LogP contribution in [0.5, 0.6) is 0 Å². The van der Waals surface area contributed by atoms with Crippen LogP contribution >= 0.6 is 0 Å². The van der Waals surface area contributed by atoms with Crippen molar-refractivity contribution in [1.82, 2.24) is 4.90 Å². The summed E-state index contributed by atoms with van der Waals surface area (Å²) in [5.41, 5.74) is 0.179. The molecule has 0 spiro atoms. The summed E-state index contributed by atoms with van der Waals surface area (Å²) >= 11 is 0. The Balaban J connectivity index is 2.97. The molecule has 4 atom stereocenters. The predicted molar refractivity (Wildman–Crippen MR) is 92.7 cm³/mol. The van der Waals surface area contributed by atoms with E-state index in [1.54, 1.807) is 0 Å². The third-order valence-corrected chi connectivity index (χ3v) is 4.76. The SMILES string of the molecule is CC1CC(C)N(C(C)(C)C)C(C)CC(C)C1OC(C)(C)C. The normalized spacial score (nSPS) is 37.1. The van der Waals surface area contributed by atoms with Gasteiger partial charge in [-0.15, -0.1) is 0 Å². The van der Waals surface area contributed by atoms with Crippen LogP contribution < -0.4 is 0 Å². The molecule has 1 aliphatic rings. The van der Waals surface area contributed by atoms with Crippen LogP contribution in [0.2, 0.25) is 0 Å². The molecule has 0 bridgehead atoms. The van der Waals surface area contributed by atoms with Crippen molar-refractivity contribution in [3.63, 3.8) is 0 Å². The molecule has 0 aromatic heterocycles. The summed E-state index contributed by atoms with van der Waals surface area (Å²) in [7, 11) is 0. The Hall–Kier alpha value is -0.0800. The van der Waals surface area contributed by atoms with Gasteiger partial charge in [-0.1, -0.05) is 13.8 Å². The van der Waals surface area contributed by atoms with E-state index in [0.717, 1.165) is 0 Å². The predicted octanol–water partition coefficient (Wildman–Crippen LogP) is 5.11. The van der Waals surface area contributed by atoms with Crippen LogP contribution in [0, 0.1) is 11.8 Å². The summed E-state index contributed by atoms with van der Waals surface area (Å²) in [5, 5.41) is 0. The standard InChI is InChI=1S/C19H39NO/c1-13-11-15(3)20(18(5,6)7)16(4)12-14(2)17(13)21-19(8,9)10/h13-17H,11-12H2,1-10H3. The van der Waals surface area contributed by atoms with Crippen molar-refractivity contribution in [2.45, 2.75) is 111 Å². The van der Waals surface area contributed by atoms with Crippen LogP contribution in [-0.4, -0.2) is 34.2 Å². The van der Waals surface area contributed by atoms with Crippen molar-refractivity contribution >= 4 is 0 Å². The number of ether oxygens (including phenoxy) is 1. The van der Waals surface area contributed by atoms with E-state index >= 15 is 0 Å². The van der Waals surface area contributed by atoms with E-state index in [2.05, 4.69) is 74.1 Å². The smallest absolute Gasteiger partial charge is 0.0634 e. The lowest BCUT2D eigenvalue weighted by Crippen LogP contribution is -2.55. The number of nitrogens with zero attached hydrogens (tertiary/aromatic N) is 1. The molecule has 0 saturated carbocycles. The molecule has 2 heteroatoms. The fourth-order valence-corrected chi connectivity index (χ4v) is 4.53. The van der Waals surface area contributed by atoms with Gasteiger partial charge < -0.3 is 4.74 Å². The van der Waals surface area contributed by atoms with E-state index in [9.17, 15) is 0 Å². The molecule has 0 aromatic rings. The second kappa shape index (κ2) is 6.58. The molecule has 0 aromatic carbocycles. The zero-order valence-electron chi connectivity index (χ0n) is 16.2. The van der Waals surface area contributed by atoms with Gasteiger partial charge in [0, 0.05) is 17.6 Å². The van der Waals surface area contributed by atoms with Gasteiger partial charge in [-0.3, -0.25) is 4.90 Å². The Labute approximate surface area is 133 Å². The molecule has 1 aliphatic heterocycles. The van der Waals surface area contributed by atoms with Crippen molar-refractivity contribution in [3.05, 3.63) is 0 Å². The third-order valence-electron chi connectivity index (χ3n) is 4.76. The van der Waals surface area contributed by atoms with Gasteiger partial charge in [0.05, 0.1) is 11.7 Å². The van der Waals surface area contributed by atoms with Crippen LogP contribution in [-0.2, 0) is 4.74 Å². The summed E-state index contributed by atoms with van der Waals surface area (Å²) < 4.78 is 6.44. The van der Waals surface area contributed by atoms with E-state index in [0.29, 0.717) is 30.0 Å². The minimum atomic E-state index is -0.0530. The Morgan fingerprint density at radius 3 is 1.43 bits per heavy atom. The van der Waals surface area contributed by atoms with E-state index < -0.39 is 0 Å². The highest BCUT2D eigenvalue weighted by Gasteiger charge is 2.39. The van der Waals surface area contributed by atoms with Crippen molar-refractivity contribution in [2.75, 3.05) is 0 Å². The van der Waals surface area contributed by atoms with Gasteiger partial charge in [0.25, 0.3) is 0 Å². The zero-order valence-corrected chi connectivity index (χ0v) is 16.2. The fourth-order valence-electron chi connectivity index (χ4n) is 4.53. The number of hydrogen-bond donors (Lipinski definition) is 0. The highest BCUT2D eigenvalue weighted by atomic mass is 16.5. The van der Waals surface area contributed by atoms with Crippen molar-refractivity contribution < 1.29 is 4.74 Å². The topological polar surface area (TPSA) is 12.5 Å². The molecule has 1 saturated heterocycles. The zero-order chi connectivity index (χ0) is 16.6. The maximum absolute atomic E-state index is 6.44. The molecule has 1 rings (SSSR count). The van der Waals surface area contributed by atoms with Crippen LogP contribution in [0.4, 0.5) is 0 Å². The van der Waals surface area contributed by atoms with Gasteiger partial charge in [-0.2, -0.15) is 0 Å². The minimum absolute atomic E-state index is 0.0530. The highest BCUT2D eigenvalue weighted by Crippen LogP contribution is 2.36. The molecule has 2 nitrogen and oxygen atoms in total. The summed E-state index contributed by atoms with van der Waals surface area (Å²) in [6.07, 6.45) is 2.80. The van der Waals surface area contributed by atoms with Crippen LogP contribution in [0.25, 0.3) is 0 Å². The number of likely N-dealkylation sites (tertiary alicyclic amines) is 1. The molecule has 4 unspecified atom stereocenters. The summed E-state index contributed by atoms with van der Waals surface area (Å²) in [4.78, 5) is 2.72. The largest absolute Gasteiger partial charge is 0.372 e. The second-order valence-electron chi connectivity index (χ2n) is 9.40. The first kappa shape index (κ1) is 19.0. The van der Waals surface area contributed by atoms with Crippen LogP contribution in [0.15, 0.2) is 0 Å². The highest BCUT2D eigenvalue weighted by molar-refractivity contribution is 4.92. The average molecular weight is 298 g/mol. The van der Waals surface area contributed by atoms with Gasteiger partial charge in [0.15, 0.2) is 0 Å². The fraction of sp³-hybridized carbons (Fsp3) is 1.00. The molecule has 0 amide bonds. The molecule has 126 valence electrons. The van der Waals surface area contributed by atoms with Crippen LogP contribution in [0.3, 0.4) is 0 Å². The van der Waals surface area contributed by atoms with Crippen LogP contribution in [0.1, 0.15) is 82.1 Å². The first-order valence-corrected chi connectivity index (χ1v) is 8.79. The molecule has 0 aliphatic carbocycles. The summed E-state index contributed by atoms with van der Waals surface area (Å²) in [5.74, 6) is 1.21. The molecule has 21 heavy (non-hydrogen) atoms. The first-order valence-electron chi connectivity index (χ1n) is 8.79. The van der Waals surface area contributed by atoms with E-state index in [1.165, 1.54) is 12.8 Å². The lowest BCUT2D eigenvalue weighted by Gasteiger charge is -2.50. The van der Waals surface area contributed by atoms with Crippen molar-refractivity contribution in [2.24, 2.45) is 11.8 Å². The Bertz CT molecular complexity index is 307. The minimum Gasteiger partial charge on any atom is -0.372 e. The average Bonchev–Trinajstić information content (AvgIpc) is 2.20. The Morgan fingerprint density at radius 1 is 0.762 bits per heavy atom. The summed E-state index contributed by atoms with van der Waals surface area (Å²) in [6.45, 7) is 23.1. The van der Waals surface area contributed by atoms with Gasteiger partial charge >= 0.3 is 0 Å². The second-order valence-corrected chi connectivity index (χ2v) is 9.40. The molecular weight excluding hydrogens is 258 g/mol. The Kier molecular flexibility index (Phi) is 5.94. The van der Waals surface area contributed by atoms with Gasteiger partial charge in [0.1, 0.15) is 0 Å². The third kappa shape index (κ3) is 5.25. The van der Waals surface area contributed by atoms with E-state index in [1.807, 2.05) is 0 Å². The monoisotopic (exact) mass is 297 g/mol. The Morgan fingerprint density at radius 2 is 1.14 bits per heavy atom. The maximum Gasteiger partial charge on any atom is 0.0634 e. The quantitative estimate of drug-likeness (QED) is 0.666. The first-order chi connectivity index (χ1) is 9.33. The lowest BCUT2D eigenvalue weighted by molar-refractivity contribution is -0.125. The summed E-state index contributed by atoms with van der Waals surface area (Å²) in [6, 6.07) is 1.21. The van der Waals surface area contributed by atoms with E-state index in [4.69, 9.17) is 4.74 Å².